The zero-order valence-corrected chi connectivity index (χ0v) is 10.8. The van der Waals surface area contributed by atoms with E-state index in [1.165, 1.54) is 31.7 Å². The summed E-state index contributed by atoms with van der Waals surface area (Å²) in [5, 5.41) is 8.81. The van der Waals surface area contributed by atoms with E-state index in [-0.39, 0.29) is 5.56 Å². The maximum absolute atomic E-state index is 10.7. The van der Waals surface area contributed by atoms with Gasteiger partial charge >= 0.3 is 5.97 Å². The number of aromatic nitrogens is 2. The number of hydrogen-bond donors (Lipinski definition) is 1. The summed E-state index contributed by atoms with van der Waals surface area (Å²) in [6, 6.07) is 0.453. The molecule has 1 aliphatic rings. The predicted octanol–water partition coefficient (Wildman–Crippen LogP) is 2.19. The van der Waals surface area contributed by atoms with Crippen LogP contribution >= 0.6 is 0 Å². The van der Waals surface area contributed by atoms with Gasteiger partial charge in [-0.15, -0.1) is 0 Å². The summed E-state index contributed by atoms with van der Waals surface area (Å²) in [5.41, 5.74) is 0.129. The van der Waals surface area contributed by atoms with Gasteiger partial charge in [0.05, 0.1) is 5.56 Å². The van der Waals surface area contributed by atoms with Crippen LogP contribution < -0.4 is 4.90 Å². The van der Waals surface area contributed by atoms with Gasteiger partial charge in [-0.25, -0.2) is 14.8 Å². The molecule has 2 unspecified atom stereocenters. The van der Waals surface area contributed by atoms with Gasteiger partial charge in [-0.3, -0.25) is 0 Å². The summed E-state index contributed by atoms with van der Waals surface area (Å²) in [5.74, 6) is 0.250. The van der Waals surface area contributed by atoms with Crippen molar-refractivity contribution < 1.29 is 9.90 Å². The van der Waals surface area contributed by atoms with Crippen LogP contribution in [0.2, 0.25) is 0 Å². The van der Waals surface area contributed by atoms with Crippen LogP contribution in [0.15, 0.2) is 12.4 Å². The second-order valence-electron chi connectivity index (χ2n) is 5.02. The Morgan fingerprint density at radius 1 is 1.33 bits per heavy atom. The number of carbonyl (C=O) groups is 1. The van der Waals surface area contributed by atoms with E-state index in [1.54, 1.807) is 0 Å². The van der Waals surface area contributed by atoms with Crippen LogP contribution in [-0.2, 0) is 0 Å². The SMILES string of the molecule is CC1CCCCC1N(C)c1ncc(C(=O)O)cn1. The molecule has 1 aliphatic carbocycles. The van der Waals surface area contributed by atoms with Gasteiger partial charge in [0.1, 0.15) is 0 Å². The van der Waals surface area contributed by atoms with Crippen LogP contribution in [0.3, 0.4) is 0 Å². The van der Waals surface area contributed by atoms with Gasteiger partial charge in [0.15, 0.2) is 0 Å². The minimum absolute atomic E-state index is 0.129. The molecule has 2 rings (SSSR count). The topological polar surface area (TPSA) is 66.3 Å². The minimum Gasteiger partial charge on any atom is -0.478 e. The van der Waals surface area contributed by atoms with E-state index in [0.717, 1.165) is 6.42 Å². The highest BCUT2D eigenvalue weighted by atomic mass is 16.4. The van der Waals surface area contributed by atoms with Crippen LogP contribution in [0.1, 0.15) is 43.0 Å². The van der Waals surface area contributed by atoms with Crippen molar-refractivity contribution in [1.29, 1.82) is 0 Å². The highest BCUT2D eigenvalue weighted by molar-refractivity contribution is 5.86. The summed E-state index contributed by atoms with van der Waals surface area (Å²) in [6.45, 7) is 2.26. The largest absolute Gasteiger partial charge is 0.478 e. The van der Waals surface area contributed by atoms with Gasteiger partial charge in [0.2, 0.25) is 5.95 Å². The van der Waals surface area contributed by atoms with Crippen molar-refractivity contribution in [1.82, 2.24) is 9.97 Å². The fraction of sp³-hybridized carbons (Fsp3) is 0.615. The standard InChI is InChI=1S/C13H19N3O2/c1-9-5-3-4-6-11(9)16(2)13-14-7-10(8-15-13)12(17)18/h7-9,11H,3-6H2,1-2H3,(H,17,18). The summed E-state index contributed by atoms with van der Waals surface area (Å²) in [6.07, 6.45) is 7.67. The van der Waals surface area contributed by atoms with Crippen molar-refractivity contribution in [2.75, 3.05) is 11.9 Å². The van der Waals surface area contributed by atoms with E-state index in [0.29, 0.717) is 17.9 Å². The molecule has 1 saturated carbocycles. The first kappa shape index (κ1) is 12.8. The fourth-order valence-electron chi connectivity index (χ4n) is 2.63. The predicted molar refractivity (Wildman–Crippen MR) is 68.8 cm³/mol. The Morgan fingerprint density at radius 3 is 2.50 bits per heavy atom. The van der Waals surface area contributed by atoms with Crippen LogP contribution in [-0.4, -0.2) is 34.1 Å². The molecule has 0 amide bonds. The molecule has 1 aromatic heterocycles. The normalized spacial score (nSPS) is 23.7. The van der Waals surface area contributed by atoms with Crippen molar-refractivity contribution >= 4 is 11.9 Å². The van der Waals surface area contributed by atoms with Crippen molar-refractivity contribution in [3.05, 3.63) is 18.0 Å². The Balaban J connectivity index is 2.12. The fourth-order valence-corrected chi connectivity index (χ4v) is 2.63. The quantitative estimate of drug-likeness (QED) is 0.889. The van der Waals surface area contributed by atoms with E-state index in [9.17, 15) is 4.79 Å². The number of anilines is 1. The van der Waals surface area contributed by atoms with Crippen molar-refractivity contribution in [3.8, 4) is 0 Å². The Bertz CT molecular complexity index is 419. The van der Waals surface area contributed by atoms with Gasteiger partial charge in [0.25, 0.3) is 0 Å². The zero-order valence-electron chi connectivity index (χ0n) is 10.8. The molecule has 0 radical (unpaired) electrons. The van der Waals surface area contributed by atoms with Gasteiger partial charge in [-0.05, 0) is 18.8 Å². The van der Waals surface area contributed by atoms with Crippen LogP contribution in [0.4, 0.5) is 5.95 Å². The molecule has 0 spiro atoms. The first-order chi connectivity index (χ1) is 8.59. The minimum atomic E-state index is -0.991. The number of hydrogen-bond acceptors (Lipinski definition) is 4. The summed E-state index contributed by atoms with van der Waals surface area (Å²) < 4.78 is 0. The second-order valence-corrected chi connectivity index (χ2v) is 5.02. The lowest BCUT2D eigenvalue weighted by Crippen LogP contribution is -2.39. The Hall–Kier alpha value is -1.65. The molecule has 2 atom stereocenters. The maximum Gasteiger partial charge on any atom is 0.338 e. The van der Waals surface area contributed by atoms with Crippen LogP contribution in [0, 0.1) is 5.92 Å². The average molecular weight is 249 g/mol. The van der Waals surface area contributed by atoms with Gasteiger partial charge in [-0.2, -0.15) is 0 Å². The molecule has 1 heterocycles. The number of rotatable bonds is 3. The summed E-state index contributed by atoms with van der Waals surface area (Å²) in [7, 11) is 1.99. The van der Waals surface area contributed by atoms with E-state index < -0.39 is 5.97 Å². The molecule has 0 saturated heterocycles. The number of carboxylic acid groups (broad SMARTS) is 1. The second kappa shape index (κ2) is 5.33. The van der Waals surface area contributed by atoms with Gasteiger partial charge in [0, 0.05) is 25.5 Å². The Labute approximate surface area is 107 Å². The average Bonchev–Trinajstić information content (AvgIpc) is 2.38. The molecule has 1 fully saturated rings. The molecule has 0 aromatic carbocycles. The lowest BCUT2D eigenvalue weighted by molar-refractivity contribution is 0.0696. The third kappa shape index (κ3) is 2.60. The van der Waals surface area contributed by atoms with Crippen LogP contribution in [0.5, 0.6) is 0 Å². The number of nitrogens with zero attached hydrogens (tertiary/aromatic N) is 3. The van der Waals surface area contributed by atoms with Crippen molar-refractivity contribution in [2.24, 2.45) is 5.92 Å². The lowest BCUT2D eigenvalue weighted by Gasteiger charge is -2.36. The molecule has 0 bridgehead atoms. The number of carboxylic acids is 1. The molecule has 0 aliphatic heterocycles. The van der Waals surface area contributed by atoms with E-state index >= 15 is 0 Å². The van der Waals surface area contributed by atoms with Gasteiger partial charge < -0.3 is 10.0 Å². The van der Waals surface area contributed by atoms with E-state index in [1.807, 2.05) is 7.05 Å². The molecular weight excluding hydrogens is 230 g/mol. The third-order valence-corrected chi connectivity index (χ3v) is 3.76. The smallest absolute Gasteiger partial charge is 0.338 e. The highest BCUT2D eigenvalue weighted by Crippen LogP contribution is 2.28. The van der Waals surface area contributed by atoms with Crippen molar-refractivity contribution in [3.63, 3.8) is 0 Å². The lowest BCUT2D eigenvalue weighted by atomic mass is 9.85. The van der Waals surface area contributed by atoms with E-state index in [4.69, 9.17) is 5.11 Å². The molecule has 18 heavy (non-hydrogen) atoms. The molecule has 1 N–H and O–H groups in total. The molecule has 1 aromatic rings. The Morgan fingerprint density at radius 2 is 1.94 bits per heavy atom. The van der Waals surface area contributed by atoms with Crippen molar-refractivity contribution in [2.45, 2.75) is 38.6 Å². The first-order valence-electron chi connectivity index (χ1n) is 6.37. The zero-order chi connectivity index (χ0) is 13.1. The molecular formula is C13H19N3O2. The highest BCUT2D eigenvalue weighted by Gasteiger charge is 2.26. The maximum atomic E-state index is 10.7. The van der Waals surface area contributed by atoms with Crippen LogP contribution in [0.25, 0.3) is 0 Å². The third-order valence-electron chi connectivity index (χ3n) is 3.76. The Kier molecular flexibility index (Phi) is 3.79. The first-order valence-corrected chi connectivity index (χ1v) is 6.37. The molecule has 98 valence electrons. The summed E-state index contributed by atoms with van der Waals surface area (Å²) in [4.78, 5) is 21.1. The van der Waals surface area contributed by atoms with Gasteiger partial charge in [-0.1, -0.05) is 19.8 Å². The molecule has 5 heteroatoms. The van der Waals surface area contributed by atoms with E-state index in [2.05, 4.69) is 21.8 Å². The monoisotopic (exact) mass is 249 g/mol. The summed E-state index contributed by atoms with van der Waals surface area (Å²) >= 11 is 0. The molecule has 5 nitrogen and oxygen atoms in total. The number of aromatic carboxylic acids is 1.